The summed E-state index contributed by atoms with van der Waals surface area (Å²) in [6.07, 6.45) is 1.84. The number of nitrogens with zero attached hydrogens (tertiary/aromatic N) is 1. The second-order valence-electron chi connectivity index (χ2n) is 6.88. The molecule has 2 aliphatic rings. The minimum atomic E-state index is 0.0962. The lowest BCUT2D eigenvalue weighted by Gasteiger charge is -2.16. The Morgan fingerprint density at radius 3 is 2.67 bits per heavy atom. The first kappa shape index (κ1) is 15.7. The van der Waals surface area contributed by atoms with Gasteiger partial charge in [0.1, 0.15) is 0 Å². The third kappa shape index (κ3) is 2.94. The Balaban J connectivity index is 1.59. The van der Waals surface area contributed by atoms with Crippen LogP contribution >= 0.6 is 11.6 Å². The Bertz CT molecular complexity index is 761. The zero-order chi connectivity index (χ0) is 16.7. The van der Waals surface area contributed by atoms with Gasteiger partial charge in [-0.3, -0.25) is 4.79 Å². The van der Waals surface area contributed by atoms with Gasteiger partial charge in [0, 0.05) is 30.1 Å². The molecular weight excluding hydrogens is 320 g/mol. The van der Waals surface area contributed by atoms with Gasteiger partial charge in [-0.05, 0) is 47.6 Å². The predicted octanol–water partition coefficient (Wildman–Crippen LogP) is 3.67. The second-order valence-corrected chi connectivity index (χ2v) is 7.32. The largest absolute Gasteiger partial charge is 0.341 e. The van der Waals surface area contributed by atoms with Crippen LogP contribution in [0.5, 0.6) is 0 Å². The molecule has 0 aromatic heterocycles. The van der Waals surface area contributed by atoms with Gasteiger partial charge in [-0.25, -0.2) is 0 Å². The molecule has 1 aliphatic carbocycles. The van der Waals surface area contributed by atoms with E-state index in [2.05, 4.69) is 18.2 Å². The molecule has 0 radical (unpaired) electrons. The van der Waals surface area contributed by atoms with Crippen LogP contribution in [0.2, 0.25) is 5.02 Å². The number of hydrogen-bond donors (Lipinski definition) is 1. The number of halogens is 1. The number of carbonyl (C=O) groups excluding carboxylic acids is 1. The van der Waals surface area contributed by atoms with Crippen LogP contribution in [0.1, 0.15) is 24.3 Å². The van der Waals surface area contributed by atoms with Crippen molar-refractivity contribution in [2.24, 2.45) is 11.7 Å². The number of nitrogens with two attached hydrogens (primary N) is 1. The minimum Gasteiger partial charge on any atom is -0.341 e. The summed E-state index contributed by atoms with van der Waals surface area (Å²) in [4.78, 5) is 14.6. The quantitative estimate of drug-likeness (QED) is 0.926. The normalized spacial score (nSPS) is 25.8. The third-order valence-electron chi connectivity index (χ3n) is 5.14. The van der Waals surface area contributed by atoms with Crippen LogP contribution in [-0.2, 0) is 4.79 Å². The van der Waals surface area contributed by atoms with Gasteiger partial charge in [-0.2, -0.15) is 0 Å². The average molecular weight is 341 g/mol. The summed E-state index contributed by atoms with van der Waals surface area (Å²) in [5.41, 5.74) is 9.46. The molecule has 3 unspecified atom stereocenters. The lowest BCUT2D eigenvalue weighted by Crippen LogP contribution is -2.33. The molecule has 2 N–H and O–H groups in total. The zero-order valence-corrected chi connectivity index (χ0v) is 14.2. The summed E-state index contributed by atoms with van der Waals surface area (Å²) in [6.45, 7) is 1.50. The van der Waals surface area contributed by atoms with Gasteiger partial charge in [0.2, 0.25) is 5.91 Å². The molecule has 0 bridgehead atoms. The fourth-order valence-electron chi connectivity index (χ4n) is 3.75. The Morgan fingerprint density at radius 1 is 1.17 bits per heavy atom. The summed E-state index contributed by atoms with van der Waals surface area (Å²) in [7, 11) is 0. The molecule has 124 valence electrons. The van der Waals surface area contributed by atoms with E-state index in [1.165, 1.54) is 5.56 Å². The fourth-order valence-corrected chi connectivity index (χ4v) is 3.93. The molecule has 4 heteroatoms. The first-order valence-electron chi connectivity index (χ1n) is 8.52. The number of benzene rings is 2. The van der Waals surface area contributed by atoms with E-state index >= 15 is 0 Å². The Hall–Kier alpha value is -1.84. The van der Waals surface area contributed by atoms with Crippen molar-refractivity contribution in [2.45, 2.75) is 24.8 Å². The molecule has 1 heterocycles. The highest BCUT2D eigenvalue weighted by atomic mass is 35.5. The second kappa shape index (κ2) is 6.23. The van der Waals surface area contributed by atoms with E-state index in [0.717, 1.165) is 35.5 Å². The smallest absolute Gasteiger partial charge is 0.226 e. The van der Waals surface area contributed by atoms with Gasteiger partial charge in [0.05, 0.1) is 0 Å². The number of hydrogen-bond acceptors (Lipinski definition) is 2. The standard InChI is InChI=1S/C20H21ClN2O/c21-14-6-7-16(17(10-14)13-4-2-1-3-5-13)18-11-19(18)20(24)23-9-8-15(22)12-23/h1-7,10,15,18-19H,8-9,11-12,22H2. The van der Waals surface area contributed by atoms with E-state index in [9.17, 15) is 4.79 Å². The summed E-state index contributed by atoms with van der Waals surface area (Å²) < 4.78 is 0. The van der Waals surface area contributed by atoms with Crippen LogP contribution in [0.15, 0.2) is 48.5 Å². The molecule has 3 nitrogen and oxygen atoms in total. The highest BCUT2D eigenvalue weighted by Gasteiger charge is 2.47. The van der Waals surface area contributed by atoms with E-state index in [1.807, 2.05) is 35.2 Å². The molecule has 24 heavy (non-hydrogen) atoms. The molecule has 1 saturated carbocycles. The number of amides is 1. The van der Waals surface area contributed by atoms with Crippen LogP contribution in [0.3, 0.4) is 0 Å². The van der Waals surface area contributed by atoms with E-state index < -0.39 is 0 Å². The van der Waals surface area contributed by atoms with E-state index in [-0.39, 0.29) is 17.9 Å². The van der Waals surface area contributed by atoms with Crippen LogP contribution in [0.25, 0.3) is 11.1 Å². The van der Waals surface area contributed by atoms with Crippen molar-refractivity contribution >= 4 is 17.5 Å². The van der Waals surface area contributed by atoms with E-state index in [1.54, 1.807) is 0 Å². The third-order valence-corrected chi connectivity index (χ3v) is 5.38. The first-order valence-corrected chi connectivity index (χ1v) is 8.90. The topological polar surface area (TPSA) is 46.3 Å². The molecule has 2 fully saturated rings. The molecule has 4 rings (SSSR count). The van der Waals surface area contributed by atoms with Crippen LogP contribution in [0.4, 0.5) is 0 Å². The van der Waals surface area contributed by atoms with Gasteiger partial charge in [-0.1, -0.05) is 48.0 Å². The number of likely N-dealkylation sites (tertiary alicyclic amines) is 1. The Kier molecular flexibility index (Phi) is 4.07. The van der Waals surface area contributed by atoms with Gasteiger partial charge < -0.3 is 10.6 Å². The van der Waals surface area contributed by atoms with Crippen molar-refractivity contribution in [2.75, 3.05) is 13.1 Å². The number of rotatable bonds is 3. The average Bonchev–Trinajstić information content (AvgIpc) is 3.28. The fraction of sp³-hybridized carbons (Fsp3) is 0.350. The summed E-state index contributed by atoms with van der Waals surface area (Å²) in [5.74, 6) is 0.655. The van der Waals surface area contributed by atoms with E-state index in [4.69, 9.17) is 17.3 Å². The van der Waals surface area contributed by atoms with Crippen LogP contribution in [0, 0.1) is 5.92 Å². The van der Waals surface area contributed by atoms with Crippen LogP contribution in [-0.4, -0.2) is 29.9 Å². The van der Waals surface area contributed by atoms with E-state index in [0.29, 0.717) is 12.5 Å². The molecule has 1 saturated heterocycles. The lowest BCUT2D eigenvalue weighted by molar-refractivity contribution is -0.131. The molecular formula is C20H21ClN2O. The van der Waals surface area contributed by atoms with Crippen molar-refractivity contribution in [3.8, 4) is 11.1 Å². The molecule has 2 aromatic rings. The molecule has 2 aromatic carbocycles. The summed E-state index contributed by atoms with van der Waals surface area (Å²) in [6, 6.07) is 16.4. The molecule has 3 atom stereocenters. The maximum Gasteiger partial charge on any atom is 0.226 e. The van der Waals surface area contributed by atoms with Crippen molar-refractivity contribution in [3.05, 3.63) is 59.1 Å². The highest BCUT2D eigenvalue weighted by Crippen LogP contribution is 2.51. The SMILES string of the molecule is NC1CCN(C(=O)C2CC2c2ccc(Cl)cc2-c2ccccc2)C1. The van der Waals surface area contributed by atoms with Crippen molar-refractivity contribution < 1.29 is 4.79 Å². The van der Waals surface area contributed by atoms with Gasteiger partial charge >= 0.3 is 0 Å². The monoisotopic (exact) mass is 340 g/mol. The van der Waals surface area contributed by atoms with Crippen molar-refractivity contribution in [1.29, 1.82) is 0 Å². The maximum atomic E-state index is 12.7. The van der Waals surface area contributed by atoms with Crippen molar-refractivity contribution in [3.63, 3.8) is 0 Å². The minimum absolute atomic E-state index is 0.0962. The highest BCUT2D eigenvalue weighted by molar-refractivity contribution is 6.30. The lowest BCUT2D eigenvalue weighted by atomic mass is 9.96. The maximum absolute atomic E-state index is 12.7. The molecule has 1 amide bonds. The predicted molar refractivity (Wildman–Crippen MR) is 96.9 cm³/mol. The molecule has 0 spiro atoms. The first-order chi connectivity index (χ1) is 11.6. The zero-order valence-electron chi connectivity index (χ0n) is 13.5. The van der Waals surface area contributed by atoms with Crippen molar-refractivity contribution in [1.82, 2.24) is 4.90 Å². The van der Waals surface area contributed by atoms with Gasteiger partial charge in [-0.15, -0.1) is 0 Å². The summed E-state index contributed by atoms with van der Waals surface area (Å²) >= 11 is 6.22. The van der Waals surface area contributed by atoms with Gasteiger partial charge in [0.25, 0.3) is 0 Å². The Labute approximate surface area is 147 Å². The van der Waals surface area contributed by atoms with Crippen LogP contribution < -0.4 is 5.73 Å². The Morgan fingerprint density at radius 2 is 1.96 bits per heavy atom. The van der Waals surface area contributed by atoms with Gasteiger partial charge in [0.15, 0.2) is 0 Å². The summed E-state index contributed by atoms with van der Waals surface area (Å²) in [5, 5.41) is 0.728. The number of carbonyl (C=O) groups is 1. The molecule has 1 aliphatic heterocycles.